The minimum atomic E-state index is -0.367. The second-order valence-electron chi connectivity index (χ2n) is 8.64. The molecule has 3 aromatic rings. The number of carbonyl (C=O) groups excluding carboxylic acids is 2. The van der Waals surface area contributed by atoms with Crippen molar-refractivity contribution in [2.75, 3.05) is 13.1 Å². The van der Waals surface area contributed by atoms with Crippen LogP contribution < -0.4 is 10.9 Å². The highest BCUT2D eigenvalue weighted by Crippen LogP contribution is 2.28. The van der Waals surface area contributed by atoms with Crippen LogP contribution in [0.3, 0.4) is 0 Å². The maximum atomic E-state index is 13.0. The predicted octanol–water partition coefficient (Wildman–Crippen LogP) is 2.86. The summed E-state index contributed by atoms with van der Waals surface area (Å²) in [6, 6.07) is 11.3. The lowest BCUT2D eigenvalue weighted by Gasteiger charge is -2.31. The quantitative estimate of drug-likeness (QED) is 0.584. The van der Waals surface area contributed by atoms with E-state index in [-0.39, 0.29) is 36.6 Å². The second-order valence-corrected chi connectivity index (χ2v) is 8.64. The Bertz CT molecular complexity index is 1220. The van der Waals surface area contributed by atoms with Gasteiger partial charge in [0.15, 0.2) is 0 Å². The summed E-state index contributed by atoms with van der Waals surface area (Å²) in [4.78, 5) is 42.0. The van der Waals surface area contributed by atoms with Crippen LogP contribution in [0.4, 0.5) is 4.79 Å². The minimum absolute atomic E-state index is 0.0812. The van der Waals surface area contributed by atoms with E-state index in [2.05, 4.69) is 15.4 Å². The summed E-state index contributed by atoms with van der Waals surface area (Å²) in [6.07, 6.45) is 4.55. The Kier molecular flexibility index (Phi) is 7.10. The van der Waals surface area contributed by atoms with E-state index in [1.54, 1.807) is 35.1 Å². The van der Waals surface area contributed by atoms with E-state index < -0.39 is 0 Å². The molecule has 2 N–H and O–H groups in total. The van der Waals surface area contributed by atoms with E-state index in [0.29, 0.717) is 29.9 Å². The first kappa shape index (κ1) is 23.3. The van der Waals surface area contributed by atoms with Gasteiger partial charge in [-0.3, -0.25) is 14.3 Å². The van der Waals surface area contributed by atoms with E-state index in [1.165, 1.54) is 0 Å². The van der Waals surface area contributed by atoms with Gasteiger partial charge in [0.05, 0.1) is 11.3 Å². The van der Waals surface area contributed by atoms with Crippen LogP contribution in [0.25, 0.3) is 0 Å². The molecule has 1 unspecified atom stereocenters. The van der Waals surface area contributed by atoms with Crippen molar-refractivity contribution in [1.29, 1.82) is 0 Å². The number of likely N-dealkylation sites (tertiary alicyclic amines) is 1. The Balaban J connectivity index is 1.41. The molecule has 1 aliphatic heterocycles. The number of aromatic nitrogens is 3. The number of benzene rings is 1. The van der Waals surface area contributed by atoms with E-state index in [0.717, 1.165) is 24.0 Å². The van der Waals surface area contributed by atoms with Crippen LogP contribution in [-0.4, -0.2) is 44.8 Å². The van der Waals surface area contributed by atoms with Gasteiger partial charge in [0, 0.05) is 50.6 Å². The van der Waals surface area contributed by atoms with Crippen molar-refractivity contribution < 1.29 is 14.3 Å². The normalized spacial score (nSPS) is 15.7. The molecule has 2 amide bonds. The van der Waals surface area contributed by atoms with Gasteiger partial charge in [-0.2, -0.15) is 5.10 Å². The average Bonchev–Trinajstić information content (AvgIpc) is 3.25. The van der Waals surface area contributed by atoms with E-state index >= 15 is 0 Å². The van der Waals surface area contributed by atoms with Gasteiger partial charge in [0.25, 0.3) is 11.5 Å². The zero-order chi connectivity index (χ0) is 24.1. The number of carbonyl (C=O) groups is 2. The number of amides is 2. The molecule has 0 saturated carbocycles. The number of hydrogen-bond acceptors (Lipinski definition) is 5. The first-order valence-corrected chi connectivity index (χ1v) is 11.4. The topological polar surface area (TPSA) is 109 Å². The second kappa shape index (κ2) is 10.4. The molecule has 2 aromatic heterocycles. The molecule has 1 aliphatic rings. The highest BCUT2D eigenvalue weighted by atomic mass is 16.6. The number of rotatable bonds is 6. The molecule has 0 bridgehead atoms. The smallest absolute Gasteiger partial charge is 0.410 e. The predicted molar refractivity (Wildman–Crippen MR) is 126 cm³/mol. The van der Waals surface area contributed by atoms with Crippen molar-refractivity contribution in [3.63, 3.8) is 0 Å². The van der Waals surface area contributed by atoms with Crippen LogP contribution in [0.5, 0.6) is 0 Å². The molecule has 1 aromatic carbocycles. The van der Waals surface area contributed by atoms with Crippen LogP contribution in [-0.2, 0) is 24.9 Å². The Morgan fingerprint density at radius 2 is 2.06 bits per heavy atom. The Morgan fingerprint density at radius 3 is 2.85 bits per heavy atom. The van der Waals surface area contributed by atoms with E-state index in [9.17, 15) is 14.4 Å². The number of aryl methyl sites for hydroxylation is 2. The van der Waals surface area contributed by atoms with Gasteiger partial charge in [-0.25, -0.2) is 4.79 Å². The number of aromatic amines is 1. The molecule has 1 fully saturated rings. The van der Waals surface area contributed by atoms with Crippen molar-refractivity contribution in [3.8, 4) is 0 Å². The van der Waals surface area contributed by atoms with Crippen LogP contribution in [0, 0.1) is 6.92 Å². The molecule has 34 heavy (non-hydrogen) atoms. The highest BCUT2D eigenvalue weighted by Gasteiger charge is 2.30. The number of nitrogens with zero attached hydrogens (tertiary/aromatic N) is 3. The minimum Gasteiger partial charge on any atom is -0.445 e. The maximum Gasteiger partial charge on any atom is 0.410 e. The molecule has 0 spiro atoms. The lowest BCUT2D eigenvalue weighted by Crippen LogP contribution is -2.40. The molecule has 4 rings (SSSR count). The monoisotopic (exact) mass is 463 g/mol. The molecule has 0 aliphatic carbocycles. The van der Waals surface area contributed by atoms with Crippen molar-refractivity contribution in [2.24, 2.45) is 7.05 Å². The fourth-order valence-electron chi connectivity index (χ4n) is 4.22. The van der Waals surface area contributed by atoms with Gasteiger partial charge in [0.1, 0.15) is 6.61 Å². The third-order valence-electron chi connectivity index (χ3n) is 5.94. The molecule has 0 radical (unpaired) electrons. The van der Waals surface area contributed by atoms with Gasteiger partial charge in [0.2, 0.25) is 0 Å². The van der Waals surface area contributed by atoms with E-state index in [4.69, 9.17) is 4.74 Å². The lowest BCUT2D eigenvalue weighted by atomic mass is 9.92. The van der Waals surface area contributed by atoms with Crippen LogP contribution in [0.2, 0.25) is 0 Å². The van der Waals surface area contributed by atoms with Gasteiger partial charge in [-0.1, -0.05) is 30.3 Å². The van der Waals surface area contributed by atoms with Crippen LogP contribution in [0.15, 0.2) is 53.6 Å². The van der Waals surface area contributed by atoms with Gasteiger partial charge < -0.3 is 19.9 Å². The average molecular weight is 464 g/mol. The fraction of sp³-hybridized carbons (Fsp3) is 0.360. The number of hydrogen-bond donors (Lipinski definition) is 2. The van der Waals surface area contributed by atoms with Gasteiger partial charge in [-0.05, 0) is 37.0 Å². The summed E-state index contributed by atoms with van der Waals surface area (Å²) in [5.41, 5.74) is 3.21. The summed E-state index contributed by atoms with van der Waals surface area (Å²) in [5, 5.41) is 7.37. The van der Waals surface area contributed by atoms with E-state index in [1.807, 2.05) is 37.3 Å². The standard InChI is InChI=1S/C25H29N5O4/c1-17-11-20(23(31)26-12-17)13-27-24(32)21-15-29(2)28-22(21)19-9-6-10-30(14-19)25(33)34-16-18-7-4-3-5-8-18/h3-5,7-8,11-12,15,19H,6,9-10,13-14,16H2,1-2H3,(H,26,31)(H,27,32). The molecular formula is C25H29N5O4. The largest absolute Gasteiger partial charge is 0.445 e. The van der Waals surface area contributed by atoms with Crippen molar-refractivity contribution in [3.05, 3.63) is 87.1 Å². The molecule has 1 atom stereocenters. The highest BCUT2D eigenvalue weighted by molar-refractivity contribution is 5.95. The SMILES string of the molecule is Cc1c[nH]c(=O)c(CNC(=O)c2cn(C)nc2C2CCCN(C(=O)OCc3ccccc3)C2)c1. The number of piperidine rings is 1. The Hall–Kier alpha value is -3.88. The molecule has 9 heteroatoms. The number of pyridine rings is 1. The first-order chi connectivity index (χ1) is 16.4. The van der Waals surface area contributed by atoms with Crippen molar-refractivity contribution in [1.82, 2.24) is 25.0 Å². The Morgan fingerprint density at radius 1 is 1.26 bits per heavy atom. The molecule has 1 saturated heterocycles. The summed E-state index contributed by atoms with van der Waals surface area (Å²) < 4.78 is 7.10. The number of H-pyrrole nitrogens is 1. The van der Waals surface area contributed by atoms with Crippen LogP contribution in [0.1, 0.15) is 51.5 Å². The number of nitrogens with one attached hydrogen (secondary N) is 2. The third-order valence-corrected chi connectivity index (χ3v) is 5.94. The molecule has 3 heterocycles. The van der Waals surface area contributed by atoms with Crippen LogP contribution >= 0.6 is 0 Å². The first-order valence-electron chi connectivity index (χ1n) is 11.4. The fourth-order valence-corrected chi connectivity index (χ4v) is 4.22. The number of ether oxygens (including phenoxy) is 1. The summed E-state index contributed by atoms with van der Waals surface area (Å²) in [5.74, 6) is -0.380. The molecule has 178 valence electrons. The summed E-state index contributed by atoms with van der Waals surface area (Å²) in [7, 11) is 1.76. The lowest BCUT2D eigenvalue weighted by molar-refractivity contribution is 0.0854. The third kappa shape index (κ3) is 5.54. The summed E-state index contributed by atoms with van der Waals surface area (Å²) >= 11 is 0. The maximum absolute atomic E-state index is 13.0. The molecule has 9 nitrogen and oxygen atoms in total. The van der Waals surface area contributed by atoms with Crippen molar-refractivity contribution >= 4 is 12.0 Å². The summed E-state index contributed by atoms with van der Waals surface area (Å²) in [6.45, 7) is 3.25. The van der Waals surface area contributed by atoms with Gasteiger partial charge in [-0.15, -0.1) is 0 Å². The van der Waals surface area contributed by atoms with Gasteiger partial charge >= 0.3 is 6.09 Å². The zero-order valence-electron chi connectivity index (χ0n) is 19.4. The Labute approximate surface area is 197 Å². The zero-order valence-corrected chi connectivity index (χ0v) is 19.4. The van der Waals surface area contributed by atoms with Crippen molar-refractivity contribution in [2.45, 2.75) is 38.8 Å². The molecular weight excluding hydrogens is 434 g/mol.